The van der Waals surface area contributed by atoms with Gasteiger partial charge in [-0.2, -0.15) is 0 Å². The van der Waals surface area contributed by atoms with Gasteiger partial charge in [-0.05, 0) is 22.0 Å². The topological polar surface area (TPSA) is 71.2 Å². The van der Waals surface area contributed by atoms with Crippen molar-refractivity contribution in [1.29, 1.82) is 0 Å². The predicted molar refractivity (Wildman–Crippen MR) is 52.5 cm³/mol. The first-order valence-electron chi connectivity index (χ1n) is 3.65. The zero-order valence-corrected chi connectivity index (χ0v) is 8.21. The number of primary amides is 1. The number of urea groups is 1. The predicted octanol–water partition coefficient (Wildman–Crippen LogP) is 1.11. The van der Waals surface area contributed by atoms with E-state index in [0.717, 1.165) is 4.47 Å². The highest BCUT2D eigenvalue weighted by Gasteiger charge is 2.23. The van der Waals surface area contributed by atoms with Gasteiger partial charge in [0.25, 0.3) is 0 Å². The van der Waals surface area contributed by atoms with Crippen LogP contribution in [-0.4, -0.2) is 17.7 Å². The third-order valence-corrected chi connectivity index (χ3v) is 2.23. The Balaban J connectivity index is 2.46. The number of rotatable bonds is 0. The van der Waals surface area contributed by atoms with E-state index in [2.05, 4.69) is 26.2 Å². The molecule has 13 heavy (non-hydrogen) atoms. The van der Waals surface area contributed by atoms with Crippen molar-refractivity contribution in [3.63, 3.8) is 0 Å². The number of anilines is 2. The van der Waals surface area contributed by atoms with Crippen LogP contribution < -0.4 is 16.0 Å². The zero-order chi connectivity index (χ0) is 9.42. The van der Waals surface area contributed by atoms with Crippen LogP contribution in [-0.2, 0) is 0 Å². The van der Waals surface area contributed by atoms with E-state index in [0.29, 0.717) is 18.2 Å². The second-order valence-corrected chi connectivity index (χ2v) is 3.54. The van der Waals surface area contributed by atoms with Crippen LogP contribution in [0.3, 0.4) is 0 Å². The van der Waals surface area contributed by atoms with Crippen LogP contribution in [0.4, 0.5) is 16.3 Å². The molecule has 0 aliphatic carbocycles. The van der Waals surface area contributed by atoms with Crippen molar-refractivity contribution >= 4 is 33.5 Å². The summed E-state index contributed by atoms with van der Waals surface area (Å²) < 4.78 is 0.821. The Labute approximate surface area is 83.1 Å². The largest absolute Gasteiger partial charge is 0.351 e. The van der Waals surface area contributed by atoms with E-state index in [9.17, 15) is 4.79 Å². The minimum absolute atomic E-state index is 0.383. The van der Waals surface area contributed by atoms with Crippen LogP contribution in [0.5, 0.6) is 0 Å². The molecule has 0 atom stereocenters. The Kier molecular flexibility index (Phi) is 1.84. The summed E-state index contributed by atoms with van der Waals surface area (Å²) in [7, 11) is 0. The molecule has 0 aromatic carbocycles. The second-order valence-electron chi connectivity index (χ2n) is 2.62. The van der Waals surface area contributed by atoms with Crippen LogP contribution in [0, 0.1) is 0 Å². The summed E-state index contributed by atoms with van der Waals surface area (Å²) >= 11 is 3.27. The summed E-state index contributed by atoms with van der Waals surface area (Å²) in [4.78, 5) is 16.4. The van der Waals surface area contributed by atoms with E-state index in [4.69, 9.17) is 5.73 Å². The molecule has 2 amide bonds. The molecular formula is C7H7BrN4O. The van der Waals surface area contributed by atoms with E-state index in [1.165, 1.54) is 4.90 Å². The van der Waals surface area contributed by atoms with Crippen LogP contribution in [0.25, 0.3) is 0 Å². The third kappa shape index (κ3) is 1.33. The molecule has 0 radical (unpaired) electrons. The van der Waals surface area contributed by atoms with E-state index >= 15 is 0 Å². The van der Waals surface area contributed by atoms with Crippen LogP contribution in [0.15, 0.2) is 16.7 Å². The lowest BCUT2D eigenvalue weighted by molar-refractivity contribution is 0.254. The fourth-order valence-corrected chi connectivity index (χ4v) is 1.53. The number of amides is 2. The quantitative estimate of drug-likeness (QED) is 0.716. The standard InChI is InChI=1S/C7H7BrN4O/c8-4-1-5-6(10-2-4)11-3-12(5)7(9)13/h1-2H,3H2,(H2,9,13)(H,10,11). The van der Waals surface area contributed by atoms with Gasteiger partial charge in [-0.25, -0.2) is 9.78 Å². The van der Waals surface area contributed by atoms with Gasteiger partial charge in [-0.15, -0.1) is 0 Å². The Morgan fingerprint density at radius 3 is 3.23 bits per heavy atom. The monoisotopic (exact) mass is 242 g/mol. The number of nitrogens with zero attached hydrogens (tertiary/aromatic N) is 2. The van der Waals surface area contributed by atoms with E-state index in [1.807, 2.05) is 0 Å². The molecule has 0 saturated carbocycles. The van der Waals surface area contributed by atoms with Crippen molar-refractivity contribution < 1.29 is 4.79 Å². The van der Waals surface area contributed by atoms with Crippen LogP contribution in [0.1, 0.15) is 0 Å². The fraction of sp³-hybridized carbons (Fsp3) is 0.143. The Bertz CT molecular complexity index is 368. The first-order chi connectivity index (χ1) is 6.18. The first-order valence-corrected chi connectivity index (χ1v) is 4.44. The van der Waals surface area contributed by atoms with Gasteiger partial charge < -0.3 is 11.1 Å². The molecule has 1 aromatic heterocycles. The highest BCUT2D eigenvalue weighted by atomic mass is 79.9. The molecule has 0 saturated heterocycles. The lowest BCUT2D eigenvalue weighted by atomic mass is 10.4. The normalized spacial score (nSPS) is 13.8. The number of nitrogens with two attached hydrogens (primary N) is 1. The van der Waals surface area contributed by atoms with Gasteiger partial charge in [0, 0.05) is 10.7 Å². The lowest BCUT2D eigenvalue weighted by Crippen LogP contribution is -2.35. The van der Waals surface area contributed by atoms with Crippen molar-refractivity contribution in [2.45, 2.75) is 0 Å². The second kappa shape index (κ2) is 2.88. The van der Waals surface area contributed by atoms with E-state index < -0.39 is 6.03 Å². The van der Waals surface area contributed by atoms with Gasteiger partial charge in [-0.1, -0.05) is 0 Å². The Morgan fingerprint density at radius 1 is 1.77 bits per heavy atom. The molecule has 6 heteroatoms. The molecule has 1 aromatic rings. The lowest BCUT2D eigenvalue weighted by Gasteiger charge is -2.11. The number of carbonyl (C=O) groups is 1. The molecule has 1 aliphatic heterocycles. The van der Waals surface area contributed by atoms with Gasteiger partial charge in [-0.3, -0.25) is 4.90 Å². The van der Waals surface area contributed by atoms with Gasteiger partial charge in [0.05, 0.1) is 12.4 Å². The van der Waals surface area contributed by atoms with Crippen molar-refractivity contribution in [2.75, 3.05) is 16.9 Å². The average Bonchev–Trinajstić information content (AvgIpc) is 2.46. The number of halogens is 1. The minimum atomic E-state index is -0.480. The van der Waals surface area contributed by atoms with E-state index in [1.54, 1.807) is 12.3 Å². The number of hydrogen-bond acceptors (Lipinski definition) is 3. The third-order valence-electron chi connectivity index (χ3n) is 1.80. The van der Waals surface area contributed by atoms with Crippen molar-refractivity contribution in [1.82, 2.24) is 4.98 Å². The SMILES string of the molecule is NC(=O)N1CNc2ncc(Br)cc21. The summed E-state index contributed by atoms with van der Waals surface area (Å²) in [6.45, 7) is 0.383. The van der Waals surface area contributed by atoms with Crippen LogP contribution >= 0.6 is 15.9 Å². The summed E-state index contributed by atoms with van der Waals surface area (Å²) in [5.74, 6) is 0.682. The van der Waals surface area contributed by atoms with Gasteiger partial charge >= 0.3 is 6.03 Å². The maximum absolute atomic E-state index is 10.9. The van der Waals surface area contributed by atoms with Crippen LogP contribution in [0.2, 0.25) is 0 Å². The number of pyridine rings is 1. The maximum Gasteiger partial charge on any atom is 0.320 e. The van der Waals surface area contributed by atoms with Gasteiger partial charge in [0.2, 0.25) is 0 Å². The number of carbonyl (C=O) groups excluding carboxylic acids is 1. The number of hydrogen-bond donors (Lipinski definition) is 2. The molecule has 0 fully saturated rings. The molecule has 5 nitrogen and oxygen atoms in total. The number of aromatic nitrogens is 1. The molecule has 2 heterocycles. The van der Waals surface area contributed by atoms with Crippen molar-refractivity contribution in [2.24, 2.45) is 5.73 Å². The summed E-state index contributed by atoms with van der Waals surface area (Å²) in [5.41, 5.74) is 5.88. The molecule has 0 unspecified atom stereocenters. The highest BCUT2D eigenvalue weighted by Crippen LogP contribution is 2.30. The molecule has 1 aliphatic rings. The number of nitrogens with one attached hydrogen (secondary N) is 1. The molecule has 0 spiro atoms. The fourth-order valence-electron chi connectivity index (χ4n) is 1.21. The molecule has 2 rings (SSSR count). The molecule has 3 N–H and O–H groups in total. The van der Waals surface area contributed by atoms with E-state index in [-0.39, 0.29) is 0 Å². The summed E-state index contributed by atoms with van der Waals surface area (Å²) in [6, 6.07) is 1.32. The van der Waals surface area contributed by atoms with Gasteiger partial charge in [0.1, 0.15) is 0 Å². The highest BCUT2D eigenvalue weighted by molar-refractivity contribution is 9.10. The Hall–Kier alpha value is -1.30. The zero-order valence-electron chi connectivity index (χ0n) is 6.62. The van der Waals surface area contributed by atoms with Crippen molar-refractivity contribution in [3.05, 3.63) is 16.7 Å². The number of fused-ring (bicyclic) bond motifs is 1. The summed E-state index contributed by atoms with van der Waals surface area (Å²) in [6.07, 6.45) is 1.66. The average molecular weight is 243 g/mol. The Morgan fingerprint density at radius 2 is 2.54 bits per heavy atom. The molecule has 0 bridgehead atoms. The van der Waals surface area contributed by atoms with Gasteiger partial charge in [0.15, 0.2) is 5.82 Å². The first kappa shape index (κ1) is 8.31. The minimum Gasteiger partial charge on any atom is -0.351 e. The molecule has 68 valence electrons. The molecular weight excluding hydrogens is 236 g/mol. The smallest absolute Gasteiger partial charge is 0.320 e. The maximum atomic E-state index is 10.9. The summed E-state index contributed by atoms with van der Waals surface area (Å²) in [5, 5.41) is 2.95. The van der Waals surface area contributed by atoms with Crippen molar-refractivity contribution in [3.8, 4) is 0 Å².